The molecule has 1 rings (SSSR count). The van der Waals surface area contributed by atoms with Crippen LogP contribution >= 0.6 is 12.2 Å². The summed E-state index contributed by atoms with van der Waals surface area (Å²) >= 11 is 5.63. The number of anilines is 1. The quantitative estimate of drug-likeness (QED) is 0.407. The Hall–Kier alpha value is -1.09. The van der Waals surface area contributed by atoms with E-state index < -0.39 is 0 Å². The van der Waals surface area contributed by atoms with Gasteiger partial charge >= 0.3 is 0 Å². The fraction of sp³-hybridized carbons (Fsp3) is 0.632. The highest BCUT2D eigenvalue weighted by molar-refractivity contribution is 7.80. The van der Waals surface area contributed by atoms with Crippen LogP contribution < -0.4 is 5.32 Å². The molecule has 0 radical (unpaired) electrons. The van der Waals surface area contributed by atoms with E-state index in [1.165, 1.54) is 51.4 Å². The van der Waals surface area contributed by atoms with Gasteiger partial charge in [-0.05, 0) is 37.2 Å². The van der Waals surface area contributed by atoms with Crippen molar-refractivity contribution in [2.45, 2.75) is 65.2 Å². The van der Waals surface area contributed by atoms with Crippen molar-refractivity contribution in [3.63, 3.8) is 0 Å². The van der Waals surface area contributed by atoms with Gasteiger partial charge in [0.1, 0.15) is 0 Å². The second-order valence-electron chi connectivity index (χ2n) is 5.90. The number of rotatable bonds is 11. The van der Waals surface area contributed by atoms with Gasteiger partial charge < -0.3 is 10.2 Å². The van der Waals surface area contributed by atoms with Gasteiger partial charge in [0.05, 0.1) is 0 Å². The molecule has 0 aromatic heterocycles. The van der Waals surface area contributed by atoms with Crippen molar-refractivity contribution < 1.29 is 0 Å². The third kappa shape index (κ3) is 8.38. The van der Waals surface area contributed by atoms with Crippen molar-refractivity contribution in [2.24, 2.45) is 0 Å². The first-order valence-electron chi connectivity index (χ1n) is 8.89. The van der Waals surface area contributed by atoms with Gasteiger partial charge in [-0.2, -0.15) is 0 Å². The highest BCUT2D eigenvalue weighted by Crippen LogP contribution is 2.10. The number of nitrogens with zero attached hydrogens (tertiary/aromatic N) is 1. The number of hydrogen-bond acceptors (Lipinski definition) is 1. The lowest BCUT2D eigenvalue weighted by Gasteiger charge is -2.26. The molecule has 0 atom stereocenters. The fourth-order valence-electron chi connectivity index (χ4n) is 2.50. The maximum atomic E-state index is 5.63. The molecule has 0 spiro atoms. The highest BCUT2D eigenvalue weighted by atomic mass is 32.1. The number of hydrogen-bond donors (Lipinski definition) is 1. The van der Waals surface area contributed by atoms with Crippen LogP contribution in [-0.2, 0) is 0 Å². The van der Waals surface area contributed by atoms with E-state index in [9.17, 15) is 0 Å². The average molecular weight is 321 g/mol. The van der Waals surface area contributed by atoms with Crippen LogP contribution in [0.2, 0.25) is 0 Å². The zero-order valence-electron chi connectivity index (χ0n) is 14.3. The molecule has 0 amide bonds. The minimum absolute atomic E-state index is 0.874. The molecule has 1 aromatic carbocycles. The Balaban J connectivity index is 2.45. The standard InChI is InChI=1S/C19H32N2S/c1-3-5-7-12-16-21(17-13-8-6-4-2)19(22)20-18-14-10-9-11-15-18/h9-11,14-15H,3-8,12-13,16-17H2,1-2H3,(H,20,22). The van der Waals surface area contributed by atoms with E-state index in [-0.39, 0.29) is 0 Å². The zero-order chi connectivity index (χ0) is 16.0. The number of benzene rings is 1. The van der Waals surface area contributed by atoms with Crippen molar-refractivity contribution >= 4 is 23.0 Å². The summed E-state index contributed by atoms with van der Waals surface area (Å²) in [6.07, 6.45) is 10.3. The van der Waals surface area contributed by atoms with Gasteiger partial charge in [0.2, 0.25) is 0 Å². The van der Waals surface area contributed by atoms with Gasteiger partial charge in [0, 0.05) is 18.8 Å². The molecule has 0 heterocycles. The number of unbranched alkanes of at least 4 members (excludes halogenated alkanes) is 6. The molecule has 2 nitrogen and oxygen atoms in total. The van der Waals surface area contributed by atoms with Crippen LogP contribution in [0.25, 0.3) is 0 Å². The molecule has 1 N–H and O–H groups in total. The van der Waals surface area contributed by atoms with Crippen molar-refractivity contribution in [3.05, 3.63) is 30.3 Å². The third-order valence-electron chi connectivity index (χ3n) is 3.88. The molecule has 0 aliphatic carbocycles. The molecule has 0 fully saturated rings. The van der Waals surface area contributed by atoms with Crippen molar-refractivity contribution in [3.8, 4) is 0 Å². The molecule has 0 bridgehead atoms. The maximum Gasteiger partial charge on any atom is 0.173 e. The summed E-state index contributed by atoms with van der Waals surface area (Å²) in [6.45, 7) is 6.66. The average Bonchev–Trinajstić information content (AvgIpc) is 2.54. The van der Waals surface area contributed by atoms with Crippen LogP contribution in [0.3, 0.4) is 0 Å². The lowest BCUT2D eigenvalue weighted by atomic mass is 10.2. The van der Waals surface area contributed by atoms with Gasteiger partial charge in [-0.15, -0.1) is 0 Å². The molecule has 0 aliphatic heterocycles. The van der Waals surface area contributed by atoms with Crippen LogP contribution in [0.5, 0.6) is 0 Å². The summed E-state index contributed by atoms with van der Waals surface area (Å²) in [5.74, 6) is 0. The Kier molecular flexibility index (Phi) is 10.7. The van der Waals surface area contributed by atoms with Crippen molar-refractivity contribution in [2.75, 3.05) is 18.4 Å². The Bertz CT molecular complexity index is 380. The molecule has 124 valence electrons. The molecular weight excluding hydrogens is 288 g/mol. The molecular formula is C19H32N2S. The summed E-state index contributed by atoms with van der Waals surface area (Å²) in [5.41, 5.74) is 1.08. The van der Waals surface area contributed by atoms with Crippen molar-refractivity contribution in [1.29, 1.82) is 0 Å². The van der Waals surface area contributed by atoms with Crippen LogP contribution in [0, 0.1) is 0 Å². The summed E-state index contributed by atoms with van der Waals surface area (Å²) in [4.78, 5) is 2.35. The first kappa shape index (κ1) is 19.0. The lowest BCUT2D eigenvalue weighted by molar-refractivity contribution is 0.391. The van der Waals surface area contributed by atoms with Crippen LogP contribution in [0.15, 0.2) is 30.3 Å². The van der Waals surface area contributed by atoms with Crippen LogP contribution in [0.1, 0.15) is 65.2 Å². The van der Waals surface area contributed by atoms with Gasteiger partial charge in [-0.1, -0.05) is 70.6 Å². The minimum atomic E-state index is 0.874. The van der Waals surface area contributed by atoms with E-state index >= 15 is 0 Å². The Morgan fingerprint density at radius 3 is 1.91 bits per heavy atom. The van der Waals surface area contributed by atoms with E-state index in [2.05, 4.69) is 36.2 Å². The maximum absolute atomic E-state index is 5.63. The van der Waals surface area contributed by atoms with E-state index in [1.54, 1.807) is 0 Å². The number of para-hydroxylation sites is 1. The molecule has 1 aromatic rings. The topological polar surface area (TPSA) is 15.3 Å². The Labute approximate surface area is 142 Å². The van der Waals surface area contributed by atoms with Gasteiger partial charge in [-0.25, -0.2) is 0 Å². The van der Waals surface area contributed by atoms with E-state index in [0.717, 1.165) is 23.9 Å². The van der Waals surface area contributed by atoms with Gasteiger partial charge in [-0.3, -0.25) is 0 Å². The van der Waals surface area contributed by atoms with E-state index in [4.69, 9.17) is 12.2 Å². The minimum Gasteiger partial charge on any atom is -0.349 e. The lowest BCUT2D eigenvalue weighted by Crippen LogP contribution is -2.36. The van der Waals surface area contributed by atoms with Gasteiger partial charge in [0.25, 0.3) is 0 Å². The monoisotopic (exact) mass is 320 g/mol. The summed E-state index contributed by atoms with van der Waals surface area (Å²) in [5, 5.41) is 4.26. The fourth-order valence-corrected chi connectivity index (χ4v) is 2.80. The second kappa shape index (κ2) is 12.5. The van der Waals surface area contributed by atoms with Gasteiger partial charge in [0.15, 0.2) is 5.11 Å². The summed E-state index contributed by atoms with van der Waals surface area (Å²) in [6, 6.07) is 10.2. The van der Waals surface area contributed by atoms with E-state index in [1.807, 2.05) is 18.2 Å². The Morgan fingerprint density at radius 1 is 0.864 bits per heavy atom. The van der Waals surface area contributed by atoms with Crippen LogP contribution in [-0.4, -0.2) is 23.1 Å². The molecule has 0 unspecified atom stereocenters. The summed E-state index contributed by atoms with van der Waals surface area (Å²) in [7, 11) is 0. The molecule has 0 saturated carbocycles. The molecule has 22 heavy (non-hydrogen) atoms. The normalized spacial score (nSPS) is 10.5. The predicted molar refractivity (Wildman–Crippen MR) is 103 cm³/mol. The van der Waals surface area contributed by atoms with Crippen LogP contribution in [0.4, 0.5) is 5.69 Å². The largest absolute Gasteiger partial charge is 0.349 e. The Morgan fingerprint density at radius 2 is 1.41 bits per heavy atom. The zero-order valence-corrected chi connectivity index (χ0v) is 15.1. The predicted octanol–water partition coefficient (Wildman–Crippen LogP) is 5.85. The third-order valence-corrected chi connectivity index (χ3v) is 4.24. The van der Waals surface area contributed by atoms with Crippen molar-refractivity contribution in [1.82, 2.24) is 4.90 Å². The smallest absolute Gasteiger partial charge is 0.173 e. The first-order valence-corrected chi connectivity index (χ1v) is 9.29. The summed E-state index contributed by atoms with van der Waals surface area (Å²) < 4.78 is 0. The second-order valence-corrected chi connectivity index (χ2v) is 6.29. The SMILES string of the molecule is CCCCCCN(CCCCCC)C(=S)Nc1ccccc1. The molecule has 3 heteroatoms. The van der Waals surface area contributed by atoms with E-state index in [0.29, 0.717) is 0 Å². The number of nitrogens with one attached hydrogen (secondary N) is 1. The molecule has 0 saturated heterocycles. The molecule has 0 aliphatic rings. The first-order chi connectivity index (χ1) is 10.8. The highest BCUT2D eigenvalue weighted by Gasteiger charge is 2.09. The number of thiocarbonyl (C=S) groups is 1.